The van der Waals surface area contributed by atoms with Gasteiger partial charge in [-0.1, -0.05) is 6.07 Å². The number of rotatable bonds is 5. The van der Waals surface area contributed by atoms with E-state index in [0.717, 1.165) is 10.5 Å². The van der Waals surface area contributed by atoms with Crippen molar-refractivity contribution in [3.63, 3.8) is 0 Å². The highest BCUT2D eigenvalue weighted by molar-refractivity contribution is 5.95. The summed E-state index contributed by atoms with van der Waals surface area (Å²) in [7, 11) is 1.32. The van der Waals surface area contributed by atoms with Crippen LogP contribution in [0.4, 0.5) is 10.5 Å². The van der Waals surface area contributed by atoms with Gasteiger partial charge in [0.05, 0.1) is 45.5 Å². The molecule has 1 aliphatic rings. The van der Waals surface area contributed by atoms with Crippen LogP contribution >= 0.6 is 0 Å². The molecule has 0 atom stereocenters. The molecule has 2 rings (SSSR count). The third-order valence-electron chi connectivity index (χ3n) is 4.34. The van der Waals surface area contributed by atoms with Crippen molar-refractivity contribution in [1.82, 2.24) is 4.90 Å². The summed E-state index contributed by atoms with van der Waals surface area (Å²) in [5, 5.41) is 2.86. The van der Waals surface area contributed by atoms with Crippen LogP contribution in [0.15, 0.2) is 18.2 Å². The van der Waals surface area contributed by atoms with Crippen LogP contribution in [0.3, 0.4) is 0 Å². The van der Waals surface area contributed by atoms with E-state index < -0.39 is 5.97 Å². The molecule has 0 spiro atoms. The number of aryl methyl sites for hydroxylation is 1. The monoisotopic (exact) mass is 364 g/mol. The summed E-state index contributed by atoms with van der Waals surface area (Å²) in [6.45, 7) is 6.82. The lowest BCUT2D eigenvalue weighted by atomic mass is 10.1. The zero-order valence-corrected chi connectivity index (χ0v) is 15.5. The second-order valence-electron chi connectivity index (χ2n) is 6.18. The SMILES string of the molecule is CCOC(=O)N1CC[NH+](CC(=O)Nc2cc(C(=O)OC)ccc2C)CC1. The first-order valence-corrected chi connectivity index (χ1v) is 8.68. The lowest BCUT2D eigenvalue weighted by Crippen LogP contribution is -3.15. The van der Waals surface area contributed by atoms with E-state index in [1.807, 2.05) is 6.92 Å². The molecule has 1 heterocycles. The fraction of sp³-hybridized carbons (Fsp3) is 0.500. The van der Waals surface area contributed by atoms with Crippen LogP contribution < -0.4 is 10.2 Å². The van der Waals surface area contributed by atoms with Crippen molar-refractivity contribution >= 4 is 23.7 Å². The van der Waals surface area contributed by atoms with Gasteiger partial charge in [-0.25, -0.2) is 9.59 Å². The molecule has 142 valence electrons. The number of carbonyl (C=O) groups excluding carboxylic acids is 3. The molecule has 8 nitrogen and oxygen atoms in total. The van der Waals surface area contributed by atoms with Gasteiger partial charge in [-0.15, -0.1) is 0 Å². The lowest BCUT2D eigenvalue weighted by molar-refractivity contribution is -0.895. The number of anilines is 1. The van der Waals surface area contributed by atoms with E-state index in [4.69, 9.17) is 9.47 Å². The number of methoxy groups -OCH3 is 1. The molecule has 0 radical (unpaired) electrons. The number of nitrogens with zero attached hydrogens (tertiary/aromatic N) is 1. The summed E-state index contributed by atoms with van der Waals surface area (Å²) in [5.41, 5.74) is 1.86. The van der Waals surface area contributed by atoms with Crippen molar-refractivity contribution < 1.29 is 28.8 Å². The molecule has 26 heavy (non-hydrogen) atoms. The standard InChI is InChI=1S/C18H25N3O5/c1-4-26-18(24)21-9-7-20(8-10-21)12-16(22)19-15-11-14(17(23)25-3)6-5-13(15)2/h5-6,11H,4,7-10,12H2,1-3H3,(H,19,22)/p+1. The zero-order valence-electron chi connectivity index (χ0n) is 15.5. The molecule has 1 aromatic carbocycles. The molecule has 2 N–H and O–H groups in total. The number of amides is 2. The molecule has 0 saturated carbocycles. The number of hydrogen-bond donors (Lipinski definition) is 2. The molecular formula is C18H26N3O5+. The van der Waals surface area contributed by atoms with Crippen molar-refractivity contribution in [3.05, 3.63) is 29.3 Å². The summed E-state index contributed by atoms with van der Waals surface area (Å²) in [6, 6.07) is 5.05. The second-order valence-corrected chi connectivity index (χ2v) is 6.18. The van der Waals surface area contributed by atoms with Crippen molar-refractivity contribution in [1.29, 1.82) is 0 Å². The Labute approximate surface area is 153 Å². The predicted molar refractivity (Wildman–Crippen MR) is 95.3 cm³/mol. The number of ether oxygens (including phenoxy) is 2. The van der Waals surface area contributed by atoms with Crippen LogP contribution in [0.2, 0.25) is 0 Å². The molecule has 1 aromatic rings. The molecular weight excluding hydrogens is 338 g/mol. The first kappa shape index (κ1) is 19.7. The fourth-order valence-corrected chi connectivity index (χ4v) is 2.82. The van der Waals surface area contributed by atoms with E-state index in [2.05, 4.69) is 5.32 Å². The number of esters is 1. The Morgan fingerprint density at radius 3 is 2.54 bits per heavy atom. The van der Waals surface area contributed by atoms with Crippen LogP contribution in [-0.2, 0) is 14.3 Å². The number of nitrogens with one attached hydrogen (secondary N) is 2. The van der Waals surface area contributed by atoms with Crippen molar-refractivity contribution in [3.8, 4) is 0 Å². The molecule has 0 aliphatic carbocycles. The van der Waals surface area contributed by atoms with Gasteiger partial charge < -0.3 is 19.7 Å². The van der Waals surface area contributed by atoms with Crippen LogP contribution in [0.1, 0.15) is 22.8 Å². The van der Waals surface area contributed by atoms with E-state index in [-0.39, 0.29) is 12.0 Å². The molecule has 8 heteroatoms. The lowest BCUT2D eigenvalue weighted by Gasteiger charge is -2.31. The Kier molecular flexibility index (Phi) is 6.97. The van der Waals surface area contributed by atoms with Crippen molar-refractivity contribution in [2.24, 2.45) is 0 Å². The summed E-state index contributed by atoms with van der Waals surface area (Å²) >= 11 is 0. The topological polar surface area (TPSA) is 89.4 Å². The average molecular weight is 364 g/mol. The van der Waals surface area contributed by atoms with Gasteiger partial charge in [0.25, 0.3) is 5.91 Å². The maximum Gasteiger partial charge on any atom is 0.410 e. The van der Waals surface area contributed by atoms with Gasteiger partial charge >= 0.3 is 12.1 Å². The number of benzene rings is 1. The Morgan fingerprint density at radius 1 is 1.23 bits per heavy atom. The van der Waals surface area contributed by atoms with Gasteiger partial charge in [-0.05, 0) is 31.5 Å². The number of quaternary nitrogens is 1. The van der Waals surface area contributed by atoms with Gasteiger partial charge in [0, 0.05) is 5.69 Å². The van der Waals surface area contributed by atoms with Gasteiger partial charge in [-0.2, -0.15) is 0 Å². The highest BCUT2D eigenvalue weighted by Crippen LogP contribution is 2.17. The summed E-state index contributed by atoms with van der Waals surface area (Å²) in [6.07, 6.45) is -0.300. The maximum atomic E-state index is 12.3. The largest absolute Gasteiger partial charge is 0.465 e. The number of piperazine rings is 1. The third-order valence-corrected chi connectivity index (χ3v) is 4.34. The first-order chi connectivity index (χ1) is 12.4. The predicted octanol–water partition coefficient (Wildman–Crippen LogP) is 0.0771. The minimum atomic E-state index is -0.443. The molecule has 1 saturated heterocycles. The van der Waals surface area contributed by atoms with Gasteiger partial charge in [-0.3, -0.25) is 9.69 Å². The zero-order chi connectivity index (χ0) is 19.1. The highest BCUT2D eigenvalue weighted by atomic mass is 16.6. The summed E-state index contributed by atoms with van der Waals surface area (Å²) < 4.78 is 9.70. The minimum absolute atomic E-state index is 0.130. The van der Waals surface area contributed by atoms with Gasteiger partial charge in [0.2, 0.25) is 0 Å². The maximum absolute atomic E-state index is 12.3. The Hall–Kier alpha value is -2.61. The molecule has 1 aliphatic heterocycles. The van der Waals surface area contributed by atoms with Crippen LogP contribution in [-0.4, -0.2) is 69.3 Å². The van der Waals surface area contributed by atoms with E-state index in [1.165, 1.54) is 7.11 Å². The molecule has 0 bridgehead atoms. The Balaban J connectivity index is 1.88. The number of carbonyl (C=O) groups is 3. The first-order valence-electron chi connectivity index (χ1n) is 8.68. The van der Waals surface area contributed by atoms with E-state index in [9.17, 15) is 14.4 Å². The van der Waals surface area contributed by atoms with Gasteiger partial charge in [0.15, 0.2) is 6.54 Å². The van der Waals surface area contributed by atoms with Crippen LogP contribution in [0.25, 0.3) is 0 Å². The average Bonchev–Trinajstić information content (AvgIpc) is 2.63. The molecule has 0 aromatic heterocycles. The number of hydrogen-bond acceptors (Lipinski definition) is 5. The third kappa shape index (κ3) is 5.19. The van der Waals surface area contributed by atoms with Crippen LogP contribution in [0, 0.1) is 6.92 Å². The van der Waals surface area contributed by atoms with E-state index in [1.54, 1.807) is 30.0 Å². The van der Waals surface area contributed by atoms with E-state index in [0.29, 0.717) is 50.6 Å². The molecule has 1 fully saturated rings. The van der Waals surface area contributed by atoms with E-state index >= 15 is 0 Å². The van der Waals surface area contributed by atoms with Gasteiger partial charge in [0.1, 0.15) is 0 Å². The minimum Gasteiger partial charge on any atom is -0.465 e. The summed E-state index contributed by atoms with van der Waals surface area (Å²) in [4.78, 5) is 38.4. The normalized spacial score (nSPS) is 14.7. The fourth-order valence-electron chi connectivity index (χ4n) is 2.82. The summed E-state index contributed by atoms with van der Waals surface area (Å²) in [5.74, 6) is -0.573. The quantitative estimate of drug-likeness (QED) is 0.722. The Bertz CT molecular complexity index is 669. The molecule has 0 unspecified atom stereocenters. The van der Waals surface area contributed by atoms with Crippen molar-refractivity contribution in [2.45, 2.75) is 13.8 Å². The van der Waals surface area contributed by atoms with Crippen LogP contribution in [0.5, 0.6) is 0 Å². The highest BCUT2D eigenvalue weighted by Gasteiger charge is 2.26. The second kappa shape index (κ2) is 9.19. The molecule has 2 amide bonds. The smallest absolute Gasteiger partial charge is 0.410 e. The Morgan fingerprint density at radius 2 is 1.92 bits per heavy atom. The van der Waals surface area contributed by atoms with Crippen molar-refractivity contribution in [2.75, 3.05) is 51.8 Å².